The topological polar surface area (TPSA) is 56.8 Å². The van der Waals surface area contributed by atoms with Crippen molar-refractivity contribution in [3.8, 4) is 21.9 Å². The molecule has 3 rings (SSSR count). The highest BCUT2D eigenvalue weighted by Crippen LogP contribution is 2.36. The van der Waals surface area contributed by atoms with Crippen molar-refractivity contribution >= 4 is 17.2 Å². The van der Waals surface area contributed by atoms with Crippen LogP contribution < -0.4 is 14.8 Å². The summed E-state index contributed by atoms with van der Waals surface area (Å²) in [4.78, 5) is 14.0. The lowest BCUT2D eigenvalue weighted by Crippen LogP contribution is -2.24. The predicted molar refractivity (Wildman–Crippen MR) is 103 cm³/mol. The Balaban J connectivity index is 1.52. The average Bonchev–Trinajstić information content (AvgIpc) is 3.14. The number of thiophene rings is 1. The van der Waals surface area contributed by atoms with Crippen molar-refractivity contribution in [1.29, 1.82) is 0 Å². The third-order valence-electron chi connectivity index (χ3n) is 3.86. The summed E-state index contributed by atoms with van der Waals surface area (Å²) < 4.78 is 16.7. The molecule has 2 aromatic rings. The van der Waals surface area contributed by atoms with E-state index in [-0.39, 0.29) is 5.91 Å². The second-order valence-electron chi connectivity index (χ2n) is 6.60. The van der Waals surface area contributed by atoms with Crippen LogP contribution in [-0.2, 0) is 4.74 Å². The summed E-state index contributed by atoms with van der Waals surface area (Å²) in [6, 6.07) is 9.71. The molecule has 0 spiro atoms. The molecule has 0 atom stereocenters. The lowest BCUT2D eigenvalue weighted by Gasteiger charge is -2.18. The van der Waals surface area contributed by atoms with Crippen LogP contribution in [0, 0.1) is 5.92 Å². The van der Waals surface area contributed by atoms with Crippen molar-refractivity contribution in [1.82, 2.24) is 5.32 Å². The maximum absolute atomic E-state index is 12.3. The minimum Gasteiger partial charge on any atom is -0.486 e. The van der Waals surface area contributed by atoms with Gasteiger partial charge in [0.25, 0.3) is 5.91 Å². The van der Waals surface area contributed by atoms with Crippen molar-refractivity contribution < 1.29 is 19.0 Å². The highest BCUT2D eigenvalue weighted by Gasteiger charge is 2.14. The summed E-state index contributed by atoms with van der Waals surface area (Å²) in [5.41, 5.74) is 1.03. The van der Waals surface area contributed by atoms with Gasteiger partial charge < -0.3 is 19.5 Å². The van der Waals surface area contributed by atoms with E-state index < -0.39 is 0 Å². The molecule has 1 aliphatic heterocycles. The average molecular weight is 375 g/mol. The summed E-state index contributed by atoms with van der Waals surface area (Å²) in [5, 5.41) is 2.95. The molecule has 0 fully saturated rings. The molecule has 140 valence electrons. The molecule has 0 saturated heterocycles. The third-order valence-corrected chi connectivity index (χ3v) is 4.99. The standard InChI is InChI=1S/C20H25NO4S/c1-14(2)13-23-9-3-8-21-20(22)19-7-6-18(26-19)15-4-5-16-17(12-15)25-11-10-24-16/h4-7,12,14H,3,8-11,13H2,1-2H3,(H,21,22). The van der Waals surface area contributed by atoms with Gasteiger partial charge >= 0.3 is 0 Å². The molecular weight excluding hydrogens is 350 g/mol. The van der Waals surface area contributed by atoms with E-state index in [0.717, 1.165) is 35.0 Å². The van der Waals surface area contributed by atoms with Gasteiger partial charge in [-0.25, -0.2) is 0 Å². The molecule has 2 heterocycles. The van der Waals surface area contributed by atoms with E-state index in [0.29, 0.717) is 37.2 Å². The number of nitrogens with one attached hydrogen (secondary N) is 1. The van der Waals surface area contributed by atoms with Crippen LogP contribution in [0.1, 0.15) is 29.9 Å². The monoisotopic (exact) mass is 375 g/mol. The number of carbonyl (C=O) groups is 1. The number of carbonyl (C=O) groups excluding carboxylic acids is 1. The molecule has 26 heavy (non-hydrogen) atoms. The predicted octanol–water partition coefficient (Wildman–Crippen LogP) is 3.98. The van der Waals surface area contributed by atoms with Crippen LogP contribution in [-0.4, -0.2) is 38.9 Å². The largest absolute Gasteiger partial charge is 0.486 e. The highest BCUT2D eigenvalue weighted by molar-refractivity contribution is 7.17. The number of rotatable bonds is 8. The lowest BCUT2D eigenvalue weighted by molar-refractivity contribution is 0.0928. The van der Waals surface area contributed by atoms with Crippen LogP contribution >= 0.6 is 11.3 Å². The molecule has 1 amide bonds. The Labute approximate surface area is 158 Å². The maximum atomic E-state index is 12.3. The molecule has 0 bridgehead atoms. The number of benzene rings is 1. The Morgan fingerprint density at radius 3 is 2.81 bits per heavy atom. The van der Waals surface area contributed by atoms with Gasteiger partial charge in [0.05, 0.1) is 4.88 Å². The van der Waals surface area contributed by atoms with Gasteiger partial charge in [0.1, 0.15) is 13.2 Å². The van der Waals surface area contributed by atoms with E-state index in [2.05, 4.69) is 19.2 Å². The number of fused-ring (bicyclic) bond motifs is 1. The van der Waals surface area contributed by atoms with Crippen LogP contribution in [0.4, 0.5) is 0 Å². The van der Waals surface area contributed by atoms with Gasteiger partial charge in [-0.05, 0) is 48.2 Å². The molecule has 6 heteroatoms. The number of amides is 1. The highest BCUT2D eigenvalue weighted by atomic mass is 32.1. The van der Waals surface area contributed by atoms with Crippen LogP contribution in [0.2, 0.25) is 0 Å². The molecule has 0 radical (unpaired) electrons. The van der Waals surface area contributed by atoms with Gasteiger partial charge in [-0.1, -0.05) is 13.8 Å². The summed E-state index contributed by atoms with van der Waals surface area (Å²) in [7, 11) is 0. The van der Waals surface area contributed by atoms with Crippen molar-refractivity contribution in [2.75, 3.05) is 33.0 Å². The van der Waals surface area contributed by atoms with Gasteiger partial charge in [-0.2, -0.15) is 0 Å². The minimum atomic E-state index is -0.0392. The normalized spacial score (nSPS) is 13.0. The zero-order chi connectivity index (χ0) is 18.4. The van der Waals surface area contributed by atoms with Gasteiger partial charge in [-0.3, -0.25) is 4.79 Å². The van der Waals surface area contributed by atoms with Gasteiger partial charge in [0.15, 0.2) is 11.5 Å². The fraction of sp³-hybridized carbons (Fsp3) is 0.450. The fourth-order valence-electron chi connectivity index (χ4n) is 2.59. The summed E-state index contributed by atoms with van der Waals surface area (Å²) in [6.07, 6.45) is 0.818. The molecule has 1 aliphatic rings. The van der Waals surface area contributed by atoms with Crippen LogP contribution in [0.3, 0.4) is 0 Å². The molecule has 5 nitrogen and oxygen atoms in total. The van der Waals surface area contributed by atoms with Crippen LogP contribution in [0.15, 0.2) is 30.3 Å². The number of hydrogen-bond acceptors (Lipinski definition) is 5. The van der Waals surface area contributed by atoms with E-state index in [4.69, 9.17) is 14.2 Å². The molecular formula is C20H25NO4S. The van der Waals surface area contributed by atoms with E-state index in [1.807, 2.05) is 30.3 Å². The molecule has 0 unspecified atom stereocenters. The molecule has 1 aromatic carbocycles. The lowest BCUT2D eigenvalue weighted by atomic mass is 10.1. The van der Waals surface area contributed by atoms with Crippen molar-refractivity contribution in [2.24, 2.45) is 5.92 Å². The first-order chi connectivity index (χ1) is 12.6. The van der Waals surface area contributed by atoms with E-state index >= 15 is 0 Å². The number of hydrogen-bond donors (Lipinski definition) is 1. The molecule has 1 N–H and O–H groups in total. The zero-order valence-corrected chi connectivity index (χ0v) is 16.1. The fourth-order valence-corrected chi connectivity index (χ4v) is 3.51. The Hall–Kier alpha value is -2.05. The van der Waals surface area contributed by atoms with Crippen molar-refractivity contribution in [3.05, 3.63) is 35.2 Å². The minimum absolute atomic E-state index is 0.0392. The summed E-state index contributed by atoms with van der Waals surface area (Å²) >= 11 is 1.48. The van der Waals surface area contributed by atoms with Gasteiger partial charge in [0.2, 0.25) is 0 Å². The van der Waals surface area contributed by atoms with E-state index in [9.17, 15) is 4.79 Å². The Morgan fingerprint density at radius 2 is 2.00 bits per heavy atom. The SMILES string of the molecule is CC(C)COCCCNC(=O)c1ccc(-c2ccc3c(c2)OCCO3)s1. The van der Waals surface area contributed by atoms with Crippen molar-refractivity contribution in [2.45, 2.75) is 20.3 Å². The van der Waals surface area contributed by atoms with Crippen LogP contribution in [0.5, 0.6) is 11.5 Å². The maximum Gasteiger partial charge on any atom is 0.261 e. The molecule has 1 aromatic heterocycles. The van der Waals surface area contributed by atoms with Gasteiger partial charge in [-0.15, -0.1) is 11.3 Å². The zero-order valence-electron chi connectivity index (χ0n) is 15.2. The first-order valence-corrected chi connectivity index (χ1v) is 9.81. The van der Waals surface area contributed by atoms with E-state index in [1.165, 1.54) is 11.3 Å². The quantitative estimate of drug-likeness (QED) is 0.709. The smallest absolute Gasteiger partial charge is 0.261 e. The summed E-state index contributed by atoms with van der Waals surface area (Å²) in [5.74, 6) is 2.03. The Morgan fingerprint density at radius 1 is 1.19 bits per heavy atom. The van der Waals surface area contributed by atoms with Gasteiger partial charge in [0, 0.05) is 24.6 Å². The first kappa shape index (κ1) is 18.7. The van der Waals surface area contributed by atoms with Crippen LogP contribution in [0.25, 0.3) is 10.4 Å². The molecule has 0 saturated carbocycles. The first-order valence-electron chi connectivity index (χ1n) is 8.99. The van der Waals surface area contributed by atoms with E-state index in [1.54, 1.807) is 0 Å². The Kier molecular flexibility index (Phi) is 6.52. The second-order valence-corrected chi connectivity index (χ2v) is 7.68. The third kappa shape index (κ3) is 4.99. The Bertz CT molecular complexity index is 741. The summed E-state index contributed by atoms with van der Waals surface area (Å²) in [6.45, 7) is 7.45. The molecule has 0 aliphatic carbocycles. The second kappa shape index (κ2) is 9.05. The number of ether oxygens (including phenoxy) is 3. The van der Waals surface area contributed by atoms with Crippen molar-refractivity contribution in [3.63, 3.8) is 0 Å².